The Morgan fingerprint density at radius 2 is 2.04 bits per heavy atom. The molecule has 27 heavy (non-hydrogen) atoms. The SMILES string of the molecule is CCC(=O)N(CC1CCCN(C)C1)c1cc(-c2ccccc2)sc1C(=O)O. The first-order valence-electron chi connectivity index (χ1n) is 9.41. The first-order valence-corrected chi connectivity index (χ1v) is 10.2. The predicted molar refractivity (Wildman–Crippen MR) is 110 cm³/mol. The number of hydrogen-bond acceptors (Lipinski definition) is 4. The van der Waals surface area contributed by atoms with Gasteiger partial charge in [0.2, 0.25) is 5.91 Å². The number of rotatable bonds is 6. The summed E-state index contributed by atoms with van der Waals surface area (Å²) in [5.74, 6) is -0.643. The van der Waals surface area contributed by atoms with Gasteiger partial charge in [-0.1, -0.05) is 37.3 Å². The average molecular weight is 387 g/mol. The van der Waals surface area contributed by atoms with Crippen LogP contribution in [0.2, 0.25) is 0 Å². The highest BCUT2D eigenvalue weighted by Crippen LogP contribution is 2.38. The van der Waals surface area contributed by atoms with Gasteiger partial charge in [0.15, 0.2) is 0 Å². The van der Waals surface area contributed by atoms with Crippen LogP contribution in [0.3, 0.4) is 0 Å². The number of carboxylic acids is 1. The molecule has 1 unspecified atom stereocenters. The van der Waals surface area contributed by atoms with E-state index < -0.39 is 5.97 Å². The number of aromatic carboxylic acids is 1. The van der Waals surface area contributed by atoms with E-state index in [1.54, 1.807) is 4.90 Å². The summed E-state index contributed by atoms with van der Waals surface area (Å²) in [6.45, 7) is 4.41. The molecule has 6 heteroatoms. The van der Waals surface area contributed by atoms with E-state index in [2.05, 4.69) is 11.9 Å². The molecule has 2 aromatic rings. The molecule has 0 spiro atoms. The maximum Gasteiger partial charge on any atom is 0.348 e. The molecule has 5 nitrogen and oxygen atoms in total. The van der Waals surface area contributed by atoms with Gasteiger partial charge in [-0.05, 0) is 44.0 Å². The van der Waals surface area contributed by atoms with E-state index in [0.29, 0.717) is 24.6 Å². The van der Waals surface area contributed by atoms with Gasteiger partial charge in [0.25, 0.3) is 0 Å². The molecular formula is C21H26N2O3S. The van der Waals surface area contributed by atoms with Crippen LogP contribution in [-0.2, 0) is 4.79 Å². The van der Waals surface area contributed by atoms with Crippen molar-refractivity contribution in [1.29, 1.82) is 0 Å². The van der Waals surface area contributed by atoms with Crippen LogP contribution in [0.4, 0.5) is 5.69 Å². The summed E-state index contributed by atoms with van der Waals surface area (Å²) in [5, 5.41) is 9.74. The second kappa shape index (κ2) is 8.67. The molecule has 0 saturated carbocycles. The molecular weight excluding hydrogens is 360 g/mol. The maximum atomic E-state index is 12.7. The number of carbonyl (C=O) groups excluding carboxylic acids is 1. The number of anilines is 1. The largest absolute Gasteiger partial charge is 0.477 e. The zero-order valence-corrected chi connectivity index (χ0v) is 16.7. The Morgan fingerprint density at radius 3 is 2.67 bits per heavy atom. The van der Waals surface area contributed by atoms with Crippen LogP contribution in [0.25, 0.3) is 10.4 Å². The van der Waals surface area contributed by atoms with E-state index in [-0.39, 0.29) is 10.8 Å². The average Bonchev–Trinajstić information content (AvgIpc) is 3.12. The van der Waals surface area contributed by atoms with Gasteiger partial charge < -0.3 is 14.9 Å². The van der Waals surface area contributed by atoms with Crippen LogP contribution in [-0.4, -0.2) is 48.6 Å². The Kier molecular flexibility index (Phi) is 6.29. The molecule has 1 fully saturated rings. The topological polar surface area (TPSA) is 60.9 Å². The molecule has 1 saturated heterocycles. The predicted octanol–water partition coefficient (Wildman–Crippen LogP) is 4.20. The van der Waals surface area contributed by atoms with Gasteiger partial charge in [0, 0.05) is 24.4 Å². The number of nitrogens with zero attached hydrogens (tertiary/aromatic N) is 2. The summed E-state index contributed by atoms with van der Waals surface area (Å²) in [7, 11) is 2.10. The summed E-state index contributed by atoms with van der Waals surface area (Å²) in [5.41, 5.74) is 1.50. The first kappa shape index (κ1) is 19.6. The van der Waals surface area contributed by atoms with Crippen LogP contribution in [0.15, 0.2) is 36.4 Å². The molecule has 2 heterocycles. The van der Waals surface area contributed by atoms with E-state index >= 15 is 0 Å². The molecule has 1 aliphatic rings. The molecule has 1 aliphatic heterocycles. The third kappa shape index (κ3) is 4.57. The monoisotopic (exact) mass is 386 g/mol. The van der Waals surface area contributed by atoms with Crippen LogP contribution < -0.4 is 4.90 Å². The lowest BCUT2D eigenvalue weighted by Crippen LogP contribution is -2.42. The fraction of sp³-hybridized carbons (Fsp3) is 0.429. The van der Waals surface area contributed by atoms with Crippen molar-refractivity contribution in [2.24, 2.45) is 5.92 Å². The summed E-state index contributed by atoms with van der Waals surface area (Å²) in [4.78, 5) is 29.7. The first-order chi connectivity index (χ1) is 13.0. The third-order valence-electron chi connectivity index (χ3n) is 5.02. The number of likely N-dealkylation sites (tertiary alicyclic amines) is 1. The standard InChI is InChI=1S/C21H26N2O3S/c1-3-19(24)23(14-15-8-7-11-22(2)13-15)17-12-18(27-20(17)21(25)26)16-9-5-4-6-10-16/h4-6,9-10,12,15H,3,7-8,11,13-14H2,1-2H3,(H,25,26). The van der Waals surface area contributed by atoms with Crippen molar-refractivity contribution in [2.75, 3.05) is 31.6 Å². The Morgan fingerprint density at radius 1 is 1.30 bits per heavy atom. The van der Waals surface area contributed by atoms with E-state index in [0.717, 1.165) is 36.4 Å². The lowest BCUT2D eigenvalue weighted by Gasteiger charge is -2.33. The van der Waals surface area contributed by atoms with Gasteiger partial charge >= 0.3 is 5.97 Å². The van der Waals surface area contributed by atoms with Crippen LogP contribution in [0.1, 0.15) is 35.9 Å². The number of amides is 1. The van der Waals surface area contributed by atoms with Crippen LogP contribution >= 0.6 is 11.3 Å². The lowest BCUT2D eigenvalue weighted by atomic mass is 9.97. The molecule has 144 valence electrons. The van der Waals surface area contributed by atoms with Crippen molar-refractivity contribution in [3.05, 3.63) is 41.3 Å². The highest BCUT2D eigenvalue weighted by atomic mass is 32.1. The minimum absolute atomic E-state index is 0.0249. The van der Waals surface area contributed by atoms with Crippen molar-refractivity contribution in [3.8, 4) is 10.4 Å². The second-order valence-corrected chi connectivity index (χ2v) is 8.18. The van der Waals surface area contributed by atoms with Crippen molar-refractivity contribution < 1.29 is 14.7 Å². The van der Waals surface area contributed by atoms with Gasteiger partial charge in [-0.25, -0.2) is 4.79 Å². The Balaban J connectivity index is 1.96. The summed E-state index contributed by atoms with van der Waals surface area (Å²) < 4.78 is 0. The maximum absolute atomic E-state index is 12.7. The van der Waals surface area contributed by atoms with E-state index in [9.17, 15) is 14.7 Å². The minimum Gasteiger partial charge on any atom is -0.477 e. The summed E-state index contributed by atoms with van der Waals surface area (Å²) in [6.07, 6.45) is 2.54. The second-order valence-electron chi connectivity index (χ2n) is 7.12. The van der Waals surface area contributed by atoms with Gasteiger partial charge in [-0.15, -0.1) is 11.3 Å². The van der Waals surface area contributed by atoms with Gasteiger partial charge in [-0.3, -0.25) is 4.79 Å². The fourth-order valence-electron chi connectivity index (χ4n) is 3.69. The highest BCUT2D eigenvalue weighted by Gasteiger charge is 2.28. The molecule has 1 aromatic carbocycles. The van der Waals surface area contributed by atoms with Crippen molar-refractivity contribution in [3.63, 3.8) is 0 Å². The highest BCUT2D eigenvalue weighted by molar-refractivity contribution is 7.18. The van der Waals surface area contributed by atoms with Crippen molar-refractivity contribution >= 4 is 28.9 Å². The number of carbonyl (C=O) groups is 2. The zero-order valence-electron chi connectivity index (χ0n) is 15.9. The van der Waals surface area contributed by atoms with E-state index in [4.69, 9.17) is 0 Å². The number of carboxylic acid groups (broad SMARTS) is 1. The number of hydrogen-bond donors (Lipinski definition) is 1. The Labute approximate surface area is 164 Å². The summed E-state index contributed by atoms with van der Waals surface area (Å²) >= 11 is 1.24. The normalized spacial score (nSPS) is 17.6. The van der Waals surface area contributed by atoms with Crippen LogP contribution in [0.5, 0.6) is 0 Å². The molecule has 1 N–H and O–H groups in total. The minimum atomic E-state index is -0.980. The smallest absolute Gasteiger partial charge is 0.348 e. The van der Waals surface area contributed by atoms with E-state index in [1.807, 2.05) is 43.3 Å². The molecule has 0 radical (unpaired) electrons. The molecule has 1 aromatic heterocycles. The molecule has 1 amide bonds. The van der Waals surface area contributed by atoms with Gasteiger partial charge in [0.05, 0.1) is 5.69 Å². The fourth-order valence-corrected chi connectivity index (χ4v) is 4.69. The Hall–Kier alpha value is -2.18. The summed E-state index contributed by atoms with van der Waals surface area (Å²) in [6, 6.07) is 11.6. The third-order valence-corrected chi connectivity index (χ3v) is 6.18. The van der Waals surface area contributed by atoms with Crippen LogP contribution in [0, 0.1) is 5.92 Å². The quantitative estimate of drug-likeness (QED) is 0.808. The zero-order chi connectivity index (χ0) is 19.4. The number of piperidine rings is 1. The molecule has 1 atom stereocenters. The molecule has 0 bridgehead atoms. The molecule has 0 aliphatic carbocycles. The van der Waals surface area contributed by atoms with Crippen molar-refractivity contribution in [2.45, 2.75) is 26.2 Å². The lowest BCUT2D eigenvalue weighted by molar-refractivity contribution is -0.118. The molecule has 3 rings (SSSR count). The van der Waals surface area contributed by atoms with Gasteiger partial charge in [0.1, 0.15) is 4.88 Å². The Bertz CT molecular complexity index is 803. The van der Waals surface area contributed by atoms with Gasteiger partial charge in [-0.2, -0.15) is 0 Å². The van der Waals surface area contributed by atoms with Crippen molar-refractivity contribution in [1.82, 2.24) is 4.90 Å². The number of benzene rings is 1. The number of thiophene rings is 1. The van der Waals surface area contributed by atoms with E-state index in [1.165, 1.54) is 11.3 Å².